The molecule has 2 unspecified atom stereocenters. The molecule has 0 aliphatic carbocycles. The van der Waals surface area contributed by atoms with Crippen LogP contribution in [0.5, 0.6) is 0 Å². The molecule has 0 bridgehead atoms. The lowest BCUT2D eigenvalue weighted by molar-refractivity contribution is 0.138. The number of nitrogens with two attached hydrogens (primary N) is 1. The van der Waals surface area contributed by atoms with Crippen molar-refractivity contribution in [3.8, 4) is 0 Å². The predicted octanol–water partition coefficient (Wildman–Crippen LogP) is 1.55. The molecule has 19 heavy (non-hydrogen) atoms. The first kappa shape index (κ1) is 12.8. The van der Waals surface area contributed by atoms with E-state index in [4.69, 9.17) is 5.73 Å². The topological polar surface area (TPSA) is 60.0 Å². The molecule has 2 aromatic heterocycles. The van der Waals surface area contributed by atoms with E-state index in [1.165, 1.54) is 9.75 Å². The van der Waals surface area contributed by atoms with Crippen molar-refractivity contribution in [1.29, 1.82) is 0 Å². The van der Waals surface area contributed by atoms with E-state index in [-0.39, 0.29) is 12.1 Å². The average Bonchev–Trinajstić information content (AvgIpc) is 2.97. The highest BCUT2D eigenvalue weighted by molar-refractivity contribution is 7.12. The maximum atomic E-state index is 6.23. The molecule has 2 aromatic rings. The summed E-state index contributed by atoms with van der Waals surface area (Å²) in [6, 6.07) is 4.74. The van der Waals surface area contributed by atoms with E-state index in [9.17, 15) is 0 Å². The second-order valence-corrected chi connectivity index (χ2v) is 6.48. The lowest BCUT2D eigenvalue weighted by atomic mass is 10.1. The van der Waals surface area contributed by atoms with Gasteiger partial charge < -0.3 is 10.3 Å². The van der Waals surface area contributed by atoms with Gasteiger partial charge in [-0.15, -0.1) is 21.5 Å². The summed E-state index contributed by atoms with van der Waals surface area (Å²) in [5, 5.41) is 8.16. The van der Waals surface area contributed by atoms with Crippen LogP contribution in [-0.2, 0) is 13.1 Å². The van der Waals surface area contributed by atoms with Gasteiger partial charge in [0.1, 0.15) is 12.2 Å². The van der Waals surface area contributed by atoms with Crippen LogP contribution in [0.1, 0.15) is 28.5 Å². The minimum Gasteiger partial charge on any atom is -0.326 e. The molecule has 5 nitrogen and oxygen atoms in total. The molecule has 0 radical (unpaired) electrons. The number of aryl methyl sites for hydroxylation is 1. The van der Waals surface area contributed by atoms with Crippen molar-refractivity contribution >= 4 is 11.3 Å². The van der Waals surface area contributed by atoms with Crippen LogP contribution in [0.3, 0.4) is 0 Å². The monoisotopic (exact) mass is 277 g/mol. The number of hydrogen-bond acceptors (Lipinski definition) is 5. The molecule has 3 rings (SSSR count). The fourth-order valence-corrected chi connectivity index (χ4v) is 3.83. The molecular weight excluding hydrogens is 258 g/mol. The van der Waals surface area contributed by atoms with Crippen LogP contribution in [0.2, 0.25) is 0 Å². The van der Waals surface area contributed by atoms with Gasteiger partial charge in [-0.25, -0.2) is 0 Å². The van der Waals surface area contributed by atoms with Gasteiger partial charge in [0.2, 0.25) is 0 Å². The van der Waals surface area contributed by atoms with Crippen molar-refractivity contribution in [3.63, 3.8) is 0 Å². The lowest BCUT2D eigenvalue weighted by Crippen LogP contribution is -2.43. The molecule has 102 valence electrons. The van der Waals surface area contributed by atoms with E-state index in [0.29, 0.717) is 0 Å². The third-order valence-corrected chi connectivity index (χ3v) is 4.68. The van der Waals surface area contributed by atoms with Crippen molar-refractivity contribution in [2.45, 2.75) is 39.0 Å². The molecule has 6 heteroatoms. The summed E-state index contributed by atoms with van der Waals surface area (Å²) in [6.07, 6.45) is 1.81. The Morgan fingerprint density at radius 3 is 2.89 bits per heavy atom. The first-order valence-electron chi connectivity index (χ1n) is 6.58. The lowest BCUT2D eigenvalue weighted by Gasteiger charge is -2.36. The number of nitrogens with zero attached hydrogens (tertiary/aromatic N) is 4. The van der Waals surface area contributed by atoms with E-state index in [1.807, 2.05) is 17.7 Å². The highest BCUT2D eigenvalue weighted by atomic mass is 32.1. The van der Waals surface area contributed by atoms with Gasteiger partial charge in [-0.05, 0) is 26.0 Å². The number of rotatable bonds is 3. The fraction of sp³-hybridized carbons (Fsp3) is 0.538. The standard InChI is InChI=1S/C13H19N5S/c1-9-3-4-11(19-9)13(10(2)14)17-5-6-18-8-15-16-12(18)7-17/h3-4,8,10,13H,5-7,14H2,1-2H3. The summed E-state index contributed by atoms with van der Waals surface area (Å²) in [5.41, 5.74) is 6.23. The van der Waals surface area contributed by atoms with Crippen molar-refractivity contribution in [2.75, 3.05) is 6.54 Å². The molecule has 2 N–H and O–H groups in total. The van der Waals surface area contributed by atoms with Gasteiger partial charge in [-0.3, -0.25) is 4.90 Å². The molecule has 2 atom stereocenters. The van der Waals surface area contributed by atoms with Gasteiger partial charge in [-0.2, -0.15) is 0 Å². The average molecular weight is 277 g/mol. The van der Waals surface area contributed by atoms with Gasteiger partial charge in [0, 0.05) is 28.9 Å². The first-order valence-corrected chi connectivity index (χ1v) is 7.39. The Morgan fingerprint density at radius 2 is 2.21 bits per heavy atom. The van der Waals surface area contributed by atoms with E-state index < -0.39 is 0 Å². The summed E-state index contributed by atoms with van der Waals surface area (Å²) < 4.78 is 2.12. The van der Waals surface area contributed by atoms with E-state index in [0.717, 1.165) is 25.5 Å². The zero-order valence-corrected chi connectivity index (χ0v) is 12.1. The zero-order chi connectivity index (χ0) is 13.4. The van der Waals surface area contributed by atoms with E-state index in [2.05, 4.69) is 45.6 Å². The molecule has 1 aliphatic heterocycles. The fourth-order valence-electron chi connectivity index (χ4n) is 2.71. The summed E-state index contributed by atoms with van der Waals surface area (Å²) in [4.78, 5) is 5.10. The molecule has 1 aliphatic rings. The first-order chi connectivity index (χ1) is 9.15. The van der Waals surface area contributed by atoms with Crippen LogP contribution in [0, 0.1) is 6.92 Å². The summed E-state index contributed by atoms with van der Waals surface area (Å²) in [5.74, 6) is 1.03. The van der Waals surface area contributed by atoms with Crippen molar-refractivity contribution < 1.29 is 0 Å². The Morgan fingerprint density at radius 1 is 1.37 bits per heavy atom. The predicted molar refractivity (Wildman–Crippen MR) is 75.9 cm³/mol. The van der Waals surface area contributed by atoms with Crippen LogP contribution >= 0.6 is 11.3 Å². The SMILES string of the molecule is Cc1ccc(C(C(C)N)N2CCn3cnnc3C2)s1. The summed E-state index contributed by atoms with van der Waals surface area (Å²) in [7, 11) is 0. The Hall–Kier alpha value is -1.24. The van der Waals surface area contributed by atoms with Crippen LogP contribution in [0.15, 0.2) is 18.5 Å². The smallest absolute Gasteiger partial charge is 0.147 e. The number of fused-ring (bicyclic) bond motifs is 1. The van der Waals surface area contributed by atoms with Gasteiger partial charge >= 0.3 is 0 Å². The molecule has 0 saturated heterocycles. The second-order valence-electron chi connectivity index (χ2n) is 5.16. The van der Waals surface area contributed by atoms with Gasteiger partial charge in [0.05, 0.1) is 12.6 Å². The van der Waals surface area contributed by atoms with Gasteiger partial charge in [-0.1, -0.05) is 0 Å². The third kappa shape index (κ3) is 2.43. The van der Waals surface area contributed by atoms with E-state index >= 15 is 0 Å². The molecular formula is C13H19N5S. The quantitative estimate of drug-likeness (QED) is 0.925. The van der Waals surface area contributed by atoms with Crippen molar-refractivity contribution in [2.24, 2.45) is 5.73 Å². The van der Waals surface area contributed by atoms with Crippen LogP contribution in [0.4, 0.5) is 0 Å². The molecule has 0 spiro atoms. The molecule has 0 aromatic carbocycles. The molecule has 0 amide bonds. The van der Waals surface area contributed by atoms with Gasteiger partial charge in [0.15, 0.2) is 0 Å². The Bertz CT molecular complexity index is 559. The third-order valence-electron chi connectivity index (χ3n) is 3.61. The largest absolute Gasteiger partial charge is 0.326 e. The van der Waals surface area contributed by atoms with Gasteiger partial charge in [0.25, 0.3) is 0 Å². The van der Waals surface area contributed by atoms with E-state index in [1.54, 1.807) is 0 Å². The molecule has 3 heterocycles. The van der Waals surface area contributed by atoms with Crippen LogP contribution in [0.25, 0.3) is 0 Å². The normalized spacial score (nSPS) is 19.1. The Kier molecular flexibility index (Phi) is 3.38. The zero-order valence-electron chi connectivity index (χ0n) is 11.3. The highest BCUT2D eigenvalue weighted by Crippen LogP contribution is 2.31. The maximum absolute atomic E-state index is 6.23. The summed E-state index contributed by atoms with van der Waals surface area (Å²) >= 11 is 1.84. The maximum Gasteiger partial charge on any atom is 0.147 e. The Balaban J connectivity index is 1.86. The van der Waals surface area contributed by atoms with Crippen LogP contribution < -0.4 is 5.73 Å². The number of thiophene rings is 1. The second kappa shape index (κ2) is 5.03. The highest BCUT2D eigenvalue weighted by Gasteiger charge is 2.29. The van der Waals surface area contributed by atoms with Crippen LogP contribution in [-0.4, -0.2) is 32.3 Å². The van der Waals surface area contributed by atoms with Crippen molar-refractivity contribution in [1.82, 2.24) is 19.7 Å². The van der Waals surface area contributed by atoms with Crippen molar-refractivity contribution in [3.05, 3.63) is 34.0 Å². The number of hydrogen-bond donors (Lipinski definition) is 1. The molecule has 0 saturated carbocycles. The number of aromatic nitrogens is 3. The summed E-state index contributed by atoms with van der Waals surface area (Å²) in [6.45, 7) is 6.98. The molecule has 0 fully saturated rings. The minimum absolute atomic E-state index is 0.104. The Labute approximate surface area is 117 Å². The minimum atomic E-state index is 0.104.